The summed E-state index contributed by atoms with van der Waals surface area (Å²) in [6.45, 7) is 1.78. The molecule has 17 heavy (non-hydrogen) atoms. The number of carbonyl (C=O) groups is 1. The molecule has 0 aliphatic heterocycles. The van der Waals surface area contributed by atoms with Gasteiger partial charge >= 0.3 is 5.97 Å². The molecule has 84 valence electrons. The molecule has 1 aromatic carbocycles. The van der Waals surface area contributed by atoms with Crippen molar-refractivity contribution >= 4 is 17.3 Å². The third-order valence-electron chi connectivity index (χ3n) is 2.55. The Kier molecular flexibility index (Phi) is 2.94. The van der Waals surface area contributed by atoms with E-state index in [9.17, 15) is 4.79 Å². The van der Waals surface area contributed by atoms with Crippen molar-refractivity contribution in [2.24, 2.45) is 0 Å². The van der Waals surface area contributed by atoms with Crippen LogP contribution in [0.25, 0.3) is 10.4 Å². The average molecular weight is 243 g/mol. The molecule has 1 aromatic heterocycles. The van der Waals surface area contributed by atoms with Gasteiger partial charge in [-0.3, -0.25) is 0 Å². The van der Waals surface area contributed by atoms with Gasteiger partial charge in [-0.2, -0.15) is 5.26 Å². The average Bonchev–Trinajstić information content (AvgIpc) is 2.77. The monoisotopic (exact) mass is 243 g/mol. The summed E-state index contributed by atoms with van der Waals surface area (Å²) in [5.41, 5.74) is 1.90. The highest BCUT2D eigenvalue weighted by atomic mass is 32.1. The molecule has 0 amide bonds. The van der Waals surface area contributed by atoms with Gasteiger partial charge in [-0.15, -0.1) is 11.3 Å². The summed E-state index contributed by atoms with van der Waals surface area (Å²) in [5, 5.41) is 17.8. The van der Waals surface area contributed by atoms with Crippen molar-refractivity contribution < 1.29 is 9.90 Å². The Hall–Kier alpha value is -2.12. The van der Waals surface area contributed by atoms with Crippen LogP contribution in [0.15, 0.2) is 30.3 Å². The topological polar surface area (TPSA) is 61.1 Å². The second kappa shape index (κ2) is 4.40. The molecule has 1 N–H and O–H groups in total. The van der Waals surface area contributed by atoms with Crippen molar-refractivity contribution in [1.29, 1.82) is 5.26 Å². The predicted octanol–water partition coefficient (Wildman–Crippen LogP) is 3.29. The van der Waals surface area contributed by atoms with Gasteiger partial charge in [-0.25, -0.2) is 4.79 Å². The number of nitriles is 1. The summed E-state index contributed by atoms with van der Waals surface area (Å²) < 4.78 is 0. The lowest BCUT2D eigenvalue weighted by Gasteiger charge is -2.06. The van der Waals surface area contributed by atoms with Crippen LogP contribution >= 0.6 is 11.3 Å². The van der Waals surface area contributed by atoms with Crippen molar-refractivity contribution in [2.45, 2.75) is 6.92 Å². The Labute approximate surface area is 103 Å². The van der Waals surface area contributed by atoms with E-state index < -0.39 is 5.97 Å². The molecule has 4 heteroatoms. The van der Waals surface area contributed by atoms with Crippen molar-refractivity contribution in [1.82, 2.24) is 0 Å². The first kappa shape index (κ1) is 11.4. The molecule has 0 aliphatic rings. The highest BCUT2D eigenvalue weighted by molar-refractivity contribution is 7.16. The number of carboxylic acid groups (broad SMARTS) is 1. The van der Waals surface area contributed by atoms with Crippen molar-refractivity contribution in [3.05, 3.63) is 46.3 Å². The minimum atomic E-state index is -0.929. The normalized spacial score (nSPS) is 9.88. The second-order valence-electron chi connectivity index (χ2n) is 3.56. The number of hydrogen-bond donors (Lipinski definition) is 1. The molecule has 0 saturated heterocycles. The van der Waals surface area contributed by atoms with Crippen LogP contribution in [-0.4, -0.2) is 11.1 Å². The van der Waals surface area contributed by atoms with E-state index in [0.717, 1.165) is 16.0 Å². The minimum absolute atomic E-state index is 0.300. The van der Waals surface area contributed by atoms with Crippen LogP contribution in [0.4, 0.5) is 0 Å². The fourth-order valence-electron chi connectivity index (χ4n) is 1.68. The first-order chi connectivity index (χ1) is 8.13. The van der Waals surface area contributed by atoms with Gasteiger partial charge in [0.05, 0.1) is 5.56 Å². The van der Waals surface area contributed by atoms with E-state index in [4.69, 9.17) is 10.4 Å². The molecule has 0 aliphatic carbocycles. The fraction of sp³-hybridized carbons (Fsp3) is 0.0769. The van der Waals surface area contributed by atoms with Gasteiger partial charge in [0.2, 0.25) is 0 Å². The zero-order chi connectivity index (χ0) is 12.4. The molecule has 0 spiro atoms. The van der Waals surface area contributed by atoms with Gasteiger partial charge in [0.15, 0.2) is 0 Å². The van der Waals surface area contributed by atoms with E-state index in [2.05, 4.69) is 6.07 Å². The Balaban J connectivity index is 2.57. The Morgan fingerprint density at radius 1 is 1.35 bits per heavy atom. The summed E-state index contributed by atoms with van der Waals surface area (Å²) >= 11 is 1.37. The van der Waals surface area contributed by atoms with Crippen LogP contribution < -0.4 is 0 Å². The third kappa shape index (κ3) is 2.05. The maximum Gasteiger partial charge on any atom is 0.335 e. The molecular weight excluding hydrogens is 234 g/mol. The van der Waals surface area contributed by atoms with Crippen LogP contribution in [0.3, 0.4) is 0 Å². The van der Waals surface area contributed by atoms with Crippen molar-refractivity contribution in [3.8, 4) is 16.5 Å². The van der Waals surface area contributed by atoms with Crippen LogP contribution in [0.5, 0.6) is 0 Å². The van der Waals surface area contributed by atoms with E-state index >= 15 is 0 Å². The fourth-order valence-corrected chi connectivity index (χ4v) is 2.56. The summed E-state index contributed by atoms with van der Waals surface area (Å²) in [6.07, 6.45) is 0. The van der Waals surface area contributed by atoms with Crippen molar-refractivity contribution in [2.75, 3.05) is 0 Å². The van der Waals surface area contributed by atoms with E-state index in [1.807, 2.05) is 12.1 Å². The number of carboxylic acids is 1. The Bertz CT molecular complexity index is 623. The summed E-state index contributed by atoms with van der Waals surface area (Å²) in [4.78, 5) is 12.6. The van der Waals surface area contributed by atoms with Gasteiger partial charge in [-0.1, -0.05) is 12.1 Å². The molecular formula is C13H9NO2S. The number of rotatable bonds is 2. The molecule has 0 fully saturated rings. The van der Waals surface area contributed by atoms with Gasteiger partial charge < -0.3 is 5.11 Å². The summed E-state index contributed by atoms with van der Waals surface area (Å²) in [7, 11) is 0. The molecule has 0 radical (unpaired) electrons. The first-order valence-electron chi connectivity index (χ1n) is 4.96. The highest BCUT2D eigenvalue weighted by Gasteiger charge is 2.12. The molecule has 2 rings (SSSR count). The molecule has 0 unspecified atom stereocenters. The van der Waals surface area contributed by atoms with Gasteiger partial charge in [-0.05, 0) is 36.2 Å². The quantitative estimate of drug-likeness (QED) is 0.880. The van der Waals surface area contributed by atoms with Gasteiger partial charge in [0.1, 0.15) is 10.9 Å². The van der Waals surface area contributed by atoms with Crippen molar-refractivity contribution in [3.63, 3.8) is 0 Å². The second-order valence-corrected chi connectivity index (χ2v) is 4.64. The number of hydrogen-bond acceptors (Lipinski definition) is 3. The highest BCUT2D eigenvalue weighted by Crippen LogP contribution is 2.31. The zero-order valence-corrected chi connectivity index (χ0v) is 9.91. The zero-order valence-electron chi connectivity index (χ0n) is 9.10. The van der Waals surface area contributed by atoms with E-state index in [1.54, 1.807) is 25.1 Å². The molecule has 0 atom stereocenters. The maximum absolute atomic E-state index is 11.0. The predicted molar refractivity (Wildman–Crippen MR) is 66.2 cm³/mol. The Morgan fingerprint density at radius 3 is 2.71 bits per heavy atom. The Morgan fingerprint density at radius 2 is 2.12 bits per heavy atom. The minimum Gasteiger partial charge on any atom is -0.478 e. The van der Waals surface area contributed by atoms with E-state index in [-0.39, 0.29) is 0 Å². The third-order valence-corrected chi connectivity index (χ3v) is 3.57. The largest absolute Gasteiger partial charge is 0.478 e. The molecule has 0 saturated carbocycles. The van der Waals surface area contributed by atoms with Crippen LogP contribution in [-0.2, 0) is 0 Å². The standard InChI is InChI=1S/C13H9NO2S/c1-8-10(3-2-4-11(8)13(15)16)12-6-5-9(7-14)17-12/h2-6H,1H3,(H,15,16). The van der Waals surface area contributed by atoms with E-state index in [1.165, 1.54) is 11.3 Å². The number of thiophene rings is 1. The van der Waals surface area contributed by atoms with Crippen LogP contribution in [0.1, 0.15) is 20.8 Å². The smallest absolute Gasteiger partial charge is 0.335 e. The number of nitrogens with zero attached hydrogens (tertiary/aromatic N) is 1. The van der Waals surface area contributed by atoms with Gasteiger partial charge in [0, 0.05) is 4.88 Å². The number of benzene rings is 1. The lowest BCUT2D eigenvalue weighted by atomic mass is 10.0. The van der Waals surface area contributed by atoms with Crippen LogP contribution in [0.2, 0.25) is 0 Å². The number of aromatic carboxylic acids is 1. The lowest BCUT2D eigenvalue weighted by molar-refractivity contribution is 0.0696. The molecule has 3 nitrogen and oxygen atoms in total. The summed E-state index contributed by atoms with van der Waals surface area (Å²) in [6, 6.07) is 10.8. The lowest BCUT2D eigenvalue weighted by Crippen LogP contribution is -2.00. The first-order valence-corrected chi connectivity index (χ1v) is 5.78. The molecule has 0 bridgehead atoms. The molecule has 2 aromatic rings. The van der Waals surface area contributed by atoms with E-state index in [0.29, 0.717) is 10.4 Å². The maximum atomic E-state index is 11.0. The van der Waals surface area contributed by atoms with Gasteiger partial charge in [0.25, 0.3) is 0 Å². The summed E-state index contributed by atoms with van der Waals surface area (Å²) in [5.74, 6) is -0.929. The SMILES string of the molecule is Cc1c(C(=O)O)cccc1-c1ccc(C#N)s1. The molecule has 1 heterocycles. The van der Waals surface area contributed by atoms with Crippen LogP contribution in [0, 0.1) is 18.3 Å².